The van der Waals surface area contributed by atoms with Gasteiger partial charge in [-0.1, -0.05) is 6.07 Å². The minimum absolute atomic E-state index is 0.0844. The van der Waals surface area contributed by atoms with Crippen LogP contribution in [0.5, 0.6) is 0 Å². The van der Waals surface area contributed by atoms with Gasteiger partial charge in [0.05, 0.1) is 6.20 Å². The lowest BCUT2D eigenvalue weighted by molar-refractivity contribution is 0.0988. The molecule has 0 saturated heterocycles. The fourth-order valence-electron chi connectivity index (χ4n) is 1.47. The smallest absolute Gasteiger partial charge is 0.185 e. The lowest BCUT2D eigenvalue weighted by atomic mass is 10.1. The second-order valence-electron chi connectivity index (χ2n) is 3.71. The number of halogens is 3. The first-order valence-electron chi connectivity index (χ1n) is 5.15. The van der Waals surface area contributed by atoms with Gasteiger partial charge >= 0.3 is 0 Å². The van der Waals surface area contributed by atoms with Gasteiger partial charge in [-0.2, -0.15) is 0 Å². The van der Waals surface area contributed by atoms with Gasteiger partial charge in [0.2, 0.25) is 0 Å². The molecule has 0 spiro atoms. The average Bonchev–Trinajstić information content (AvgIpc) is 2.34. The SMILES string of the molecule is O=C(Cc1ccc(F)c(F)c1)c1ccc(F)cn1. The normalized spacial score (nSPS) is 10.4. The topological polar surface area (TPSA) is 30.0 Å². The van der Waals surface area contributed by atoms with E-state index in [9.17, 15) is 18.0 Å². The number of hydrogen-bond donors (Lipinski definition) is 0. The maximum atomic E-state index is 12.9. The second-order valence-corrected chi connectivity index (χ2v) is 3.71. The van der Waals surface area contributed by atoms with Gasteiger partial charge < -0.3 is 0 Å². The van der Waals surface area contributed by atoms with Crippen molar-refractivity contribution in [3.05, 3.63) is 65.2 Å². The second kappa shape index (κ2) is 5.00. The highest BCUT2D eigenvalue weighted by atomic mass is 19.2. The van der Waals surface area contributed by atoms with Crippen molar-refractivity contribution in [3.63, 3.8) is 0 Å². The summed E-state index contributed by atoms with van der Waals surface area (Å²) in [6, 6.07) is 5.59. The fraction of sp³-hybridized carbons (Fsp3) is 0.0769. The van der Waals surface area contributed by atoms with Crippen LogP contribution in [0.25, 0.3) is 0 Å². The van der Waals surface area contributed by atoms with Crippen molar-refractivity contribution in [2.24, 2.45) is 0 Å². The lowest BCUT2D eigenvalue weighted by Gasteiger charge is -2.01. The number of rotatable bonds is 3. The number of carbonyl (C=O) groups excluding carboxylic acids is 1. The summed E-state index contributed by atoms with van der Waals surface area (Å²) in [6.07, 6.45) is 0.814. The van der Waals surface area contributed by atoms with Crippen LogP contribution in [0.4, 0.5) is 13.2 Å². The number of nitrogens with zero attached hydrogens (tertiary/aromatic N) is 1. The first-order valence-corrected chi connectivity index (χ1v) is 5.15. The van der Waals surface area contributed by atoms with Crippen LogP contribution in [0.1, 0.15) is 16.1 Å². The van der Waals surface area contributed by atoms with E-state index >= 15 is 0 Å². The number of aromatic nitrogens is 1. The van der Waals surface area contributed by atoms with E-state index in [0.29, 0.717) is 5.56 Å². The Hall–Kier alpha value is -2.17. The number of hydrogen-bond acceptors (Lipinski definition) is 2. The minimum Gasteiger partial charge on any atom is -0.292 e. The molecular formula is C13H8F3NO. The summed E-state index contributed by atoms with van der Waals surface area (Å²) in [7, 11) is 0. The number of benzene rings is 1. The highest BCUT2D eigenvalue weighted by Crippen LogP contribution is 2.11. The highest BCUT2D eigenvalue weighted by Gasteiger charge is 2.10. The summed E-state index contributed by atoms with van der Waals surface area (Å²) >= 11 is 0. The van der Waals surface area contributed by atoms with Gasteiger partial charge in [0.25, 0.3) is 0 Å². The molecule has 0 saturated carbocycles. The Morgan fingerprint density at radius 1 is 1.06 bits per heavy atom. The molecule has 0 aliphatic carbocycles. The predicted molar refractivity (Wildman–Crippen MR) is 58.6 cm³/mol. The van der Waals surface area contributed by atoms with Gasteiger partial charge in [-0.3, -0.25) is 9.78 Å². The quantitative estimate of drug-likeness (QED) is 0.785. The van der Waals surface area contributed by atoms with E-state index in [1.54, 1.807) is 0 Å². The summed E-state index contributed by atoms with van der Waals surface area (Å²) in [5, 5.41) is 0. The van der Waals surface area contributed by atoms with Crippen LogP contribution in [-0.4, -0.2) is 10.8 Å². The maximum absolute atomic E-state index is 12.9. The molecule has 0 N–H and O–H groups in total. The Morgan fingerprint density at radius 3 is 2.44 bits per heavy atom. The Kier molecular flexibility index (Phi) is 3.41. The zero-order valence-electron chi connectivity index (χ0n) is 9.16. The van der Waals surface area contributed by atoms with Crippen LogP contribution in [0, 0.1) is 17.5 Å². The van der Waals surface area contributed by atoms with E-state index in [-0.39, 0.29) is 17.9 Å². The molecule has 2 aromatic rings. The van der Waals surface area contributed by atoms with Gasteiger partial charge in [-0.05, 0) is 29.8 Å². The van der Waals surface area contributed by atoms with Gasteiger partial charge in [0.15, 0.2) is 17.4 Å². The van der Waals surface area contributed by atoms with Crippen LogP contribution < -0.4 is 0 Å². The number of Topliss-reactive ketones (excluding diaryl/α,β-unsaturated/α-hetero) is 1. The van der Waals surface area contributed by atoms with Gasteiger partial charge in [-0.15, -0.1) is 0 Å². The molecule has 18 heavy (non-hydrogen) atoms. The highest BCUT2D eigenvalue weighted by molar-refractivity contribution is 5.95. The van der Waals surface area contributed by atoms with Crippen molar-refractivity contribution in [1.29, 1.82) is 0 Å². The molecule has 92 valence electrons. The van der Waals surface area contributed by atoms with E-state index in [4.69, 9.17) is 0 Å². The molecule has 0 fully saturated rings. The minimum atomic E-state index is -1.01. The molecule has 1 heterocycles. The molecule has 1 aromatic heterocycles. The van der Waals surface area contributed by atoms with E-state index in [1.807, 2.05) is 0 Å². The molecule has 0 bridgehead atoms. The molecular weight excluding hydrogens is 243 g/mol. The summed E-state index contributed by atoms with van der Waals surface area (Å²) in [5.74, 6) is -2.90. The zero-order valence-corrected chi connectivity index (χ0v) is 9.16. The number of pyridine rings is 1. The summed E-state index contributed by atoms with van der Waals surface area (Å²) in [6.45, 7) is 0. The van der Waals surface area contributed by atoms with Crippen molar-refractivity contribution >= 4 is 5.78 Å². The van der Waals surface area contributed by atoms with Crippen molar-refractivity contribution in [2.75, 3.05) is 0 Å². The van der Waals surface area contributed by atoms with Crippen molar-refractivity contribution < 1.29 is 18.0 Å². The Balaban J connectivity index is 2.16. The third-order valence-electron chi connectivity index (χ3n) is 2.36. The van der Waals surface area contributed by atoms with E-state index in [2.05, 4.69) is 4.98 Å². The molecule has 5 heteroatoms. The molecule has 0 atom stereocenters. The van der Waals surface area contributed by atoms with E-state index < -0.39 is 17.5 Å². The summed E-state index contributed by atoms with van der Waals surface area (Å²) in [4.78, 5) is 15.3. The fourth-order valence-corrected chi connectivity index (χ4v) is 1.47. The van der Waals surface area contributed by atoms with E-state index in [0.717, 1.165) is 24.4 Å². The van der Waals surface area contributed by atoms with Crippen molar-refractivity contribution in [2.45, 2.75) is 6.42 Å². The molecule has 0 aliphatic rings. The Bertz CT molecular complexity index is 581. The zero-order chi connectivity index (χ0) is 13.1. The maximum Gasteiger partial charge on any atom is 0.185 e. The summed E-state index contributed by atoms with van der Waals surface area (Å²) < 4.78 is 38.2. The third-order valence-corrected chi connectivity index (χ3v) is 2.36. The van der Waals surface area contributed by atoms with Crippen LogP contribution in [0.15, 0.2) is 36.5 Å². The predicted octanol–water partition coefficient (Wildman–Crippen LogP) is 2.92. The molecule has 0 amide bonds. The number of carbonyl (C=O) groups is 1. The van der Waals surface area contributed by atoms with Crippen molar-refractivity contribution in [3.8, 4) is 0 Å². The molecule has 2 nitrogen and oxygen atoms in total. The van der Waals surface area contributed by atoms with Crippen molar-refractivity contribution in [1.82, 2.24) is 4.98 Å². The first-order chi connectivity index (χ1) is 8.56. The Labute approximate surface area is 101 Å². The first kappa shape index (κ1) is 12.3. The van der Waals surface area contributed by atoms with Gasteiger partial charge in [0, 0.05) is 6.42 Å². The van der Waals surface area contributed by atoms with Gasteiger partial charge in [-0.25, -0.2) is 13.2 Å². The van der Waals surface area contributed by atoms with Crippen LogP contribution in [0.3, 0.4) is 0 Å². The standard InChI is InChI=1S/C13H8F3NO/c14-9-2-4-12(17-7-9)13(18)6-8-1-3-10(15)11(16)5-8/h1-5,7H,6H2. The average molecular weight is 251 g/mol. The van der Waals surface area contributed by atoms with E-state index in [1.165, 1.54) is 12.1 Å². The van der Waals surface area contributed by atoms with Crippen LogP contribution in [-0.2, 0) is 6.42 Å². The molecule has 0 aliphatic heterocycles. The van der Waals surface area contributed by atoms with Crippen LogP contribution >= 0.6 is 0 Å². The lowest BCUT2D eigenvalue weighted by Crippen LogP contribution is -2.06. The molecule has 0 unspecified atom stereocenters. The monoisotopic (exact) mass is 251 g/mol. The molecule has 0 radical (unpaired) electrons. The molecule has 1 aromatic carbocycles. The largest absolute Gasteiger partial charge is 0.292 e. The summed E-state index contributed by atoms with van der Waals surface area (Å²) in [5.41, 5.74) is 0.422. The van der Waals surface area contributed by atoms with Gasteiger partial charge in [0.1, 0.15) is 11.5 Å². The van der Waals surface area contributed by atoms with Crippen LogP contribution in [0.2, 0.25) is 0 Å². The molecule has 2 rings (SSSR count). The Morgan fingerprint density at radius 2 is 1.83 bits per heavy atom. The number of ketones is 1. The third kappa shape index (κ3) is 2.74.